The van der Waals surface area contributed by atoms with Gasteiger partial charge in [0.1, 0.15) is 5.82 Å². The van der Waals surface area contributed by atoms with Crippen LogP contribution in [-0.4, -0.2) is 38.1 Å². The van der Waals surface area contributed by atoms with Gasteiger partial charge in [0.15, 0.2) is 0 Å². The molecule has 92 valence electrons. The van der Waals surface area contributed by atoms with Gasteiger partial charge in [-0.1, -0.05) is 6.07 Å². The fraction of sp³-hybridized carbons (Fsp3) is 0.500. The highest BCUT2D eigenvalue weighted by molar-refractivity contribution is 5.80. The number of rotatable bonds is 4. The summed E-state index contributed by atoms with van der Waals surface area (Å²) in [6.07, 6.45) is 1.76. The van der Waals surface area contributed by atoms with Crippen molar-refractivity contribution >= 4 is 11.7 Å². The maximum Gasteiger partial charge on any atom is 0.225 e. The lowest BCUT2D eigenvalue weighted by molar-refractivity contribution is -0.126. The van der Waals surface area contributed by atoms with E-state index in [0.717, 1.165) is 24.5 Å². The molecule has 0 aromatic carbocycles. The lowest BCUT2D eigenvalue weighted by atomic mass is 10.0. The molecule has 0 bridgehead atoms. The summed E-state index contributed by atoms with van der Waals surface area (Å²) in [4.78, 5) is 17.9. The molecule has 0 unspecified atom stereocenters. The normalized spacial score (nSPS) is 15.2. The zero-order valence-corrected chi connectivity index (χ0v) is 10.2. The first kappa shape index (κ1) is 11.9. The van der Waals surface area contributed by atoms with Gasteiger partial charge in [-0.05, 0) is 6.07 Å². The molecule has 0 spiro atoms. The molecule has 0 radical (unpaired) electrons. The lowest BCUT2D eigenvalue weighted by Crippen LogP contribution is -2.50. The van der Waals surface area contributed by atoms with Crippen molar-refractivity contribution < 1.29 is 4.79 Å². The first-order valence-corrected chi connectivity index (χ1v) is 5.78. The topological polar surface area (TPSA) is 57.3 Å². The second kappa shape index (κ2) is 5.14. The lowest BCUT2D eigenvalue weighted by Gasteiger charge is -2.26. The van der Waals surface area contributed by atoms with E-state index in [1.807, 2.05) is 31.1 Å². The van der Waals surface area contributed by atoms with E-state index in [0.29, 0.717) is 6.54 Å². The van der Waals surface area contributed by atoms with Crippen LogP contribution in [0, 0.1) is 5.92 Å². The largest absolute Gasteiger partial charge is 0.362 e. The monoisotopic (exact) mass is 234 g/mol. The number of aromatic nitrogens is 1. The molecule has 1 aliphatic rings. The van der Waals surface area contributed by atoms with Gasteiger partial charge in [-0.3, -0.25) is 4.79 Å². The standard InChI is InChI=1S/C12H18N4O/c1-16(2)11-9(4-3-5-14-11)8-15-12(17)10-6-13-7-10/h3-5,10,13H,6-8H2,1-2H3,(H,15,17). The van der Waals surface area contributed by atoms with Crippen LogP contribution in [0.15, 0.2) is 18.3 Å². The van der Waals surface area contributed by atoms with Crippen LogP contribution in [0.5, 0.6) is 0 Å². The molecular weight excluding hydrogens is 216 g/mol. The Kier molecular flexibility index (Phi) is 3.58. The molecule has 17 heavy (non-hydrogen) atoms. The van der Waals surface area contributed by atoms with Crippen LogP contribution in [0.2, 0.25) is 0 Å². The van der Waals surface area contributed by atoms with E-state index in [4.69, 9.17) is 0 Å². The number of amides is 1. The maximum absolute atomic E-state index is 11.7. The van der Waals surface area contributed by atoms with Crippen LogP contribution < -0.4 is 15.5 Å². The number of nitrogens with one attached hydrogen (secondary N) is 2. The zero-order valence-electron chi connectivity index (χ0n) is 10.2. The van der Waals surface area contributed by atoms with Crippen molar-refractivity contribution in [3.8, 4) is 0 Å². The Morgan fingerprint density at radius 1 is 1.59 bits per heavy atom. The van der Waals surface area contributed by atoms with Gasteiger partial charge in [0.2, 0.25) is 5.91 Å². The molecule has 2 heterocycles. The van der Waals surface area contributed by atoms with Gasteiger partial charge < -0.3 is 15.5 Å². The third-order valence-electron chi connectivity index (χ3n) is 2.90. The summed E-state index contributed by atoms with van der Waals surface area (Å²) in [5.41, 5.74) is 1.04. The number of carbonyl (C=O) groups is 1. The number of pyridine rings is 1. The van der Waals surface area contributed by atoms with E-state index >= 15 is 0 Å². The summed E-state index contributed by atoms with van der Waals surface area (Å²) in [5.74, 6) is 1.16. The van der Waals surface area contributed by atoms with Gasteiger partial charge in [-0.25, -0.2) is 4.98 Å². The Morgan fingerprint density at radius 2 is 2.35 bits per heavy atom. The predicted octanol–water partition coefficient (Wildman–Crippen LogP) is -0.0168. The Morgan fingerprint density at radius 3 is 2.94 bits per heavy atom. The first-order valence-electron chi connectivity index (χ1n) is 5.78. The van der Waals surface area contributed by atoms with Crippen molar-refractivity contribution in [3.05, 3.63) is 23.9 Å². The van der Waals surface area contributed by atoms with Crippen molar-refractivity contribution in [3.63, 3.8) is 0 Å². The summed E-state index contributed by atoms with van der Waals surface area (Å²) >= 11 is 0. The smallest absolute Gasteiger partial charge is 0.225 e. The fourth-order valence-corrected chi connectivity index (χ4v) is 1.77. The second-order valence-corrected chi connectivity index (χ2v) is 4.45. The Hall–Kier alpha value is -1.62. The zero-order chi connectivity index (χ0) is 12.3. The minimum atomic E-state index is 0.123. The highest BCUT2D eigenvalue weighted by Crippen LogP contribution is 2.14. The van der Waals surface area contributed by atoms with Gasteiger partial charge in [-0.2, -0.15) is 0 Å². The molecule has 1 fully saturated rings. The molecule has 1 aliphatic heterocycles. The summed E-state index contributed by atoms with van der Waals surface area (Å²) in [7, 11) is 3.90. The third kappa shape index (κ3) is 2.74. The average molecular weight is 234 g/mol. The second-order valence-electron chi connectivity index (χ2n) is 4.45. The minimum absolute atomic E-state index is 0.123. The average Bonchev–Trinajstić information content (AvgIpc) is 2.24. The molecule has 0 aliphatic carbocycles. The Labute approximate surface area is 101 Å². The quantitative estimate of drug-likeness (QED) is 0.769. The van der Waals surface area contributed by atoms with Crippen molar-refractivity contribution in [1.29, 1.82) is 0 Å². The van der Waals surface area contributed by atoms with E-state index in [2.05, 4.69) is 15.6 Å². The van der Waals surface area contributed by atoms with Crippen molar-refractivity contribution in [2.24, 2.45) is 5.92 Å². The van der Waals surface area contributed by atoms with Gasteiger partial charge >= 0.3 is 0 Å². The third-order valence-corrected chi connectivity index (χ3v) is 2.90. The van der Waals surface area contributed by atoms with Gasteiger partial charge in [0.05, 0.1) is 5.92 Å². The predicted molar refractivity (Wildman–Crippen MR) is 66.8 cm³/mol. The van der Waals surface area contributed by atoms with Crippen LogP contribution in [-0.2, 0) is 11.3 Å². The molecule has 2 N–H and O–H groups in total. The molecule has 1 saturated heterocycles. The van der Waals surface area contributed by atoms with E-state index < -0.39 is 0 Å². The molecular formula is C12H18N4O. The molecule has 1 aromatic heterocycles. The van der Waals surface area contributed by atoms with Crippen molar-refractivity contribution in [2.75, 3.05) is 32.1 Å². The SMILES string of the molecule is CN(C)c1ncccc1CNC(=O)C1CNC1. The van der Waals surface area contributed by atoms with Gasteiger partial charge in [0.25, 0.3) is 0 Å². The number of hydrogen-bond donors (Lipinski definition) is 2. The van der Waals surface area contributed by atoms with Crippen molar-refractivity contribution in [1.82, 2.24) is 15.6 Å². The summed E-state index contributed by atoms with van der Waals surface area (Å²) < 4.78 is 0. The minimum Gasteiger partial charge on any atom is -0.362 e. The van der Waals surface area contributed by atoms with E-state index in [1.54, 1.807) is 6.20 Å². The molecule has 5 heteroatoms. The maximum atomic E-state index is 11.7. The fourth-order valence-electron chi connectivity index (χ4n) is 1.77. The first-order chi connectivity index (χ1) is 8.18. The van der Waals surface area contributed by atoms with Crippen LogP contribution >= 0.6 is 0 Å². The summed E-state index contributed by atoms with van der Waals surface area (Å²) in [6, 6.07) is 3.88. The molecule has 1 amide bonds. The number of hydrogen-bond acceptors (Lipinski definition) is 4. The molecule has 0 atom stereocenters. The van der Waals surface area contributed by atoms with E-state index in [-0.39, 0.29) is 11.8 Å². The molecule has 5 nitrogen and oxygen atoms in total. The molecule has 1 aromatic rings. The number of nitrogens with zero attached hydrogens (tertiary/aromatic N) is 2. The van der Waals surface area contributed by atoms with Crippen LogP contribution in [0.25, 0.3) is 0 Å². The highest BCUT2D eigenvalue weighted by Gasteiger charge is 2.24. The number of anilines is 1. The van der Waals surface area contributed by atoms with Gasteiger partial charge in [0, 0.05) is 45.5 Å². The Bertz CT molecular complexity index is 401. The summed E-state index contributed by atoms with van der Waals surface area (Å²) in [5, 5.41) is 6.04. The van der Waals surface area contributed by atoms with Crippen LogP contribution in [0.1, 0.15) is 5.56 Å². The van der Waals surface area contributed by atoms with E-state index in [9.17, 15) is 4.79 Å². The summed E-state index contributed by atoms with van der Waals surface area (Å²) in [6.45, 7) is 2.12. The van der Waals surface area contributed by atoms with Crippen LogP contribution in [0.4, 0.5) is 5.82 Å². The molecule has 0 saturated carbocycles. The van der Waals surface area contributed by atoms with Gasteiger partial charge in [-0.15, -0.1) is 0 Å². The van der Waals surface area contributed by atoms with E-state index in [1.165, 1.54) is 0 Å². The van der Waals surface area contributed by atoms with Crippen molar-refractivity contribution in [2.45, 2.75) is 6.54 Å². The Balaban J connectivity index is 1.96. The highest BCUT2D eigenvalue weighted by atomic mass is 16.2. The van der Waals surface area contributed by atoms with Crippen LogP contribution in [0.3, 0.4) is 0 Å². The molecule has 2 rings (SSSR count). The number of carbonyl (C=O) groups excluding carboxylic acids is 1.